The van der Waals surface area contributed by atoms with Crippen molar-refractivity contribution in [1.29, 1.82) is 0 Å². The first-order valence-corrected chi connectivity index (χ1v) is 8.91. The third kappa shape index (κ3) is 4.29. The third-order valence-corrected chi connectivity index (χ3v) is 5.28. The van der Waals surface area contributed by atoms with Gasteiger partial charge in [0.05, 0.1) is 0 Å². The van der Waals surface area contributed by atoms with Crippen LogP contribution in [0, 0.1) is 0 Å². The molecule has 0 atom stereocenters. The van der Waals surface area contributed by atoms with Crippen LogP contribution in [-0.2, 0) is 6.54 Å². The molecule has 1 saturated heterocycles. The number of rotatable bonds is 7. The van der Waals surface area contributed by atoms with E-state index in [1.807, 2.05) is 11.3 Å². The molecule has 0 radical (unpaired) electrons. The molecule has 0 amide bonds. The Kier molecular flexibility index (Phi) is 5.10. The smallest absolute Gasteiger partial charge is 0.0244 e. The highest BCUT2D eigenvalue weighted by atomic mass is 32.1. The molecule has 2 fully saturated rings. The third-order valence-electron chi connectivity index (χ3n) is 4.54. The lowest BCUT2D eigenvalue weighted by Gasteiger charge is -2.33. The van der Waals surface area contributed by atoms with E-state index in [0.717, 1.165) is 12.6 Å². The van der Waals surface area contributed by atoms with Gasteiger partial charge < -0.3 is 9.80 Å². The number of piperazine rings is 1. The van der Waals surface area contributed by atoms with Crippen molar-refractivity contribution < 1.29 is 0 Å². The molecule has 0 N–H and O–H groups in total. The summed E-state index contributed by atoms with van der Waals surface area (Å²) >= 11 is 1.82. The normalized spacial score (nSPS) is 21.7. The Bertz CT molecular complexity index is 380. The van der Waals surface area contributed by atoms with E-state index in [2.05, 4.69) is 38.6 Å². The van der Waals surface area contributed by atoms with Crippen LogP contribution in [0.1, 0.15) is 24.8 Å². The van der Waals surface area contributed by atoms with Crippen molar-refractivity contribution in [3.63, 3.8) is 0 Å². The van der Waals surface area contributed by atoms with Gasteiger partial charge in [-0.05, 0) is 61.8 Å². The monoisotopic (exact) mass is 293 g/mol. The molecule has 0 aromatic carbocycles. The van der Waals surface area contributed by atoms with E-state index >= 15 is 0 Å². The zero-order chi connectivity index (χ0) is 13.8. The van der Waals surface area contributed by atoms with Crippen molar-refractivity contribution in [3.8, 4) is 0 Å². The van der Waals surface area contributed by atoms with Crippen LogP contribution in [0.3, 0.4) is 0 Å². The van der Waals surface area contributed by atoms with E-state index in [-0.39, 0.29) is 0 Å². The first-order chi connectivity index (χ1) is 9.81. The van der Waals surface area contributed by atoms with Gasteiger partial charge in [-0.25, -0.2) is 0 Å². The maximum absolute atomic E-state index is 2.71. The highest BCUT2D eigenvalue weighted by molar-refractivity contribution is 7.07. The zero-order valence-corrected chi connectivity index (χ0v) is 13.4. The van der Waals surface area contributed by atoms with Crippen molar-refractivity contribution in [2.45, 2.75) is 31.8 Å². The first kappa shape index (κ1) is 14.5. The summed E-state index contributed by atoms with van der Waals surface area (Å²) in [4.78, 5) is 7.78. The van der Waals surface area contributed by atoms with Crippen LogP contribution in [0.5, 0.6) is 0 Å². The Balaban J connectivity index is 1.39. The van der Waals surface area contributed by atoms with Crippen LogP contribution in [0.15, 0.2) is 16.8 Å². The van der Waals surface area contributed by atoms with Crippen LogP contribution in [-0.4, -0.2) is 67.1 Å². The Morgan fingerprint density at radius 2 is 2.05 bits per heavy atom. The van der Waals surface area contributed by atoms with Gasteiger partial charge in [-0.15, -0.1) is 0 Å². The summed E-state index contributed by atoms with van der Waals surface area (Å²) in [5, 5.41) is 4.50. The van der Waals surface area contributed by atoms with E-state index in [4.69, 9.17) is 0 Å². The fraction of sp³-hybridized carbons (Fsp3) is 0.750. The molecule has 4 heteroatoms. The molecular weight excluding hydrogens is 266 g/mol. The largest absolute Gasteiger partial charge is 0.304 e. The molecule has 0 bridgehead atoms. The lowest BCUT2D eigenvalue weighted by Crippen LogP contribution is -2.45. The standard InChI is InChI=1S/C16H27N3S/c1-17-8-10-18(11-9-17)6-2-7-19(16-3-4-16)13-15-5-12-20-14-15/h5,12,14,16H,2-4,6-11,13H2,1H3. The number of thiophene rings is 1. The van der Waals surface area contributed by atoms with Crippen LogP contribution in [0.4, 0.5) is 0 Å². The predicted molar refractivity (Wildman–Crippen MR) is 86.3 cm³/mol. The average Bonchev–Trinajstić information content (AvgIpc) is 3.18. The average molecular weight is 293 g/mol. The lowest BCUT2D eigenvalue weighted by molar-refractivity contribution is 0.144. The summed E-state index contributed by atoms with van der Waals surface area (Å²) in [6.45, 7) is 8.70. The SMILES string of the molecule is CN1CCN(CCCN(Cc2ccsc2)C2CC2)CC1. The van der Waals surface area contributed by atoms with Crippen molar-refractivity contribution in [2.24, 2.45) is 0 Å². The van der Waals surface area contributed by atoms with Crippen LogP contribution in [0.25, 0.3) is 0 Å². The number of nitrogens with zero attached hydrogens (tertiary/aromatic N) is 3. The molecule has 1 aliphatic heterocycles. The van der Waals surface area contributed by atoms with Gasteiger partial charge in [-0.1, -0.05) is 0 Å². The lowest BCUT2D eigenvalue weighted by atomic mass is 10.2. The molecule has 2 aliphatic rings. The molecule has 1 aromatic heterocycles. The zero-order valence-electron chi connectivity index (χ0n) is 12.6. The van der Waals surface area contributed by atoms with Crippen LogP contribution >= 0.6 is 11.3 Å². The molecule has 3 nitrogen and oxygen atoms in total. The molecule has 1 saturated carbocycles. The number of likely N-dealkylation sites (N-methyl/N-ethyl adjacent to an activating group) is 1. The minimum Gasteiger partial charge on any atom is -0.304 e. The van der Waals surface area contributed by atoms with Gasteiger partial charge in [0.25, 0.3) is 0 Å². The summed E-state index contributed by atoms with van der Waals surface area (Å²) < 4.78 is 0. The summed E-state index contributed by atoms with van der Waals surface area (Å²) in [7, 11) is 2.23. The Labute approximate surface area is 127 Å². The predicted octanol–water partition coefficient (Wildman–Crippen LogP) is 2.35. The fourth-order valence-electron chi connectivity index (χ4n) is 3.02. The molecule has 20 heavy (non-hydrogen) atoms. The van der Waals surface area contributed by atoms with E-state index in [0.29, 0.717) is 0 Å². The van der Waals surface area contributed by atoms with E-state index in [1.165, 1.54) is 64.1 Å². The van der Waals surface area contributed by atoms with Crippen molar-refractivity contribution >= 4 is 11.3 Å². The fourth-order valence-corrected chi connectivity index (χ4v) is 3.68. The molecule has 1 aromatic rings. The van der Waals surface area contributed by atoms with Crippen LogP contribution in [0.2, 0.25) is 0 Å². The van der Waals surface area contributed by atoms with E-state index < -0.39 is 0 Å². The maximum atomic E-state index is 2.71. The summed E-state index contributed by atoms with van der Waals surface area (Å²) in [5.74, 6) is 0. The highest BCUT2D eigenvalue weighted by Crippen LogP contribution is 2.28. The van der Waals surface area contributed by atoms with Crippen molar-refractivity contribution in [3.05, 3.63) is 22.4 Å². The van der Waals surface area contributed by atoms with Gasteiger partial charge in [0, 0.05) is 38.8 Å². The maximum Gasteiger partial charge on any atom is 0.0244 e. The number of hydrogen-bond donors (Lipinski definition) is 0. The Morgan fingerprint density at radius 1 is 1.25 bits per heavy atom. The van der Waals surface area contributed by atoms with Gasteiger partial charge in [0.2, 0.25) is 0 Å². The summed E-state index contributed by atoms with van der Waals surface area (Å²) in [6, 6.07) is 3.16. The second kappa shape index (κ2) is 7.03. The molecule has 3 rings (SSSR count). The second-order valence-corrected chi connectivity index (χ2v) is 7.11. The molecule has 0 spiro atoms. The number of hydrogen-bond acceptors (Lipinski definition) is 4. The van der Waals surface area contributed by atoms with Gasteiger partial charge >= 0.3 is 0 Å². The molecule has 1 aliphatic carbocycles. The van der Waals surface area contributed by atoms with Crippen molar-refractivity contribution in [1.82, 2.24) is 14.7 Å². The minimum atomic E-state index is 0.877. The highest BCUT2D eigenvalue weighted by Gasteiger charge is 2.28. The second-order valence-electron chi connectivity index (χ2n) is 6.33. The molecular formula is C16H27N3S. The molecule has 2 heterocycles. The Hall–Kier alpha value is -0.420. The van der Waals surface area contributed by atoms with E-state index in [1.54, 1.807) is 0 Å². The Morgan fingerprint density at radius 3 is 2.70 bits per heavy atom. The first-order valence-electron chi connectivity index (χ1n) is 7.97. The minimum absolute atomic E-state index is 0.877. The molecule has 112 valence electrons. The van der Waals surface area contributed by atoms with Crippen molar-refractivity contribution in [2.75, 3.05) is 46.3 Å². The van der Waals surface area contributed by atoms with Gasteiger partial charge in [0.15, 0.2) is 0 Å². The molecule has 0 unspecified atom stereocenters. The van der Waals surface area contributed by atoms with Gasteiger partial charge in [-0.2, -0.15) is 11.3 Å². The summed E-state index contributed by atoms with van der Waals surface area (Å²) in [6.07, 6.45) is 4.15. The van der Waals surface area contributed by atoms with E-state index in [9.17, 15) is 0 Å². The quantitative estimate of drug-likeness (QED) is 0.764. The van der Waals surface area contributed by atoms with Gasteiger partial charge in [0.1, 0.15) is 0 Å². The topological polar surface area (TPSA) is 9.72 Å². The summed E-state index contributed by atoms with van der Waals surface area (Å²) in [5.41, 5.74) is 1.50. The van der Waals surface area contributed by atoms with Gasteiger partial charge in [-0.3, -0.25) is 4.90 Å². The van der Waals surface area contributed by atoms with Crippen LogP contribution < -0.4 is 0 Å².